The third kappa shape index (κ3) is 10.7. The van der Waals surface area contributed by atoms with Crippen molar-refractivity contribution in [3.63, 3.8) is 0 Å². The smallest absolute Gasteiger partial charge is 0.368 e. The first kappa shape index (κ1) is 50.5. The number of hydrogen-bond acceptors (Lipinski definition) is 11. The number of benzene rings is 2. The van der Waals surface area contributed by atoms with Gasteiger partial charge in [0.15, 0.2) is 45.2 Å². The molecule has 8 heterocycles. The van der Waals surface area contributed by atoms with Crippen LogP contribution < -0.4 is 16.7 Å². The molecular weight excluding hydrogens is 1040 g/mol. The molecule has 74 heavy (non-hydrogen) atoms. The minimum absolute atomic E-state index is 0.00782. The van der Waals surface area contributed by atoms with E-state index in [-0.39, 0.29) is 85.1 Å². The minimum Gasteiger partial charge on any atom is -0.368 e. The van der Waals surface area contributed by atoms with Crippen molar-refractivity contribution in [3.05, 3.63) is 134 Å². The molecule has 0 saturated carbocycles. The van der Waals surface area contributed by atoms with Crippen molar-refractivity contribution >= 4 is 61.8 Å². The molecule has 31 heteroatoms. The van der Waals surface area contributed by atoms with Gasteiger partial charge in [0.25, 0.3) is 0 Å². The van der Waals surface area contributed by atoms with Gasteiger partial charge in [0.2, 0.25) is 0 Å². The maximum absolute atomic E-state index is 14.3. The number of halogens is 14. The summed E-state index contributed by atoms with van der Waals surface area (Å²) in [5, 5.41) is 10.7. The van der Waals surface area contributed by atoms with E-state index in [0.717, 1.165) is 24.5 Å². The van der Waals surface area contributed by atoms with Crippen LogP contribution in [0, 0.1) is 23.3 Å². The number of aromatic nitrogens is 14. The van der Waals surface area contributed by atoms with E-state index in [1.54, 1.807) is 18.2 Å². The predicted molar refractivity (Wildman–Crippen MR) is 237 cm³/mol. The zero-order chi connectivity index (χ0) is 53.0. The number of alkyl halides is 9. The molecular formula is C43H27ClF13N15O2. The van der Waals surface area contributed by atoms with Crippen molar-refractivity contribution in [1.29, 1.82) is 0 Å². The first-order valence-electron chi connectivity index (χ1n) is 21.0. The molecule has 10 rings (SSSR count). The second kappa shape index (κ2) is 19.2. The van der Waals surface area contributed by atoms with Crippen LogP contribution >= 0.6 is 11.6 Å². The Morgan fingerprint density at radius 3 is 1.49 bits per heavy atom. The summed E-state index contributed by atoms with van der Waals surface area (Å²) in [7, 11) is 0. The zero-order valence-electron chi connectivity index (χ0n) is 36.6. The van der Waals surface area contributed by atoms with Gasteiger partial charge in [-0.1, -0.05) is 48.0 Å². The topological polar surface area (TPSA) is 201 Å². The second-order valence-electron chi connectivity index (χ2n) is 15.9. The summed E-state index contributed by atoms with van der Waals surface area (Å²) in [5.74, 6) is -3.63. The molecule has 0 saturated heterocycles. The van der Waals surface area contributed by atoms with Crippen LogP contribution in [0.25, 0.3) is 67.4 Å². The standard InChI is InChI=1S/C23H16F8N8O.C20H11ClF5N7O/c24-12-7-13-15(37-39(20(13)33-8-12)9-11-3-1-2-4-14(11)25)17-34-18(32-6-5-22(26,27)28)16-19(35-17)36-21(40)38(16)10-23(29,30)31;21-15-14-17(30-19(34)32(14)8-20(24,25)26)29-16(28-15)13-11-5-10(22)6-27-18(11)33(31-13)7-9-3-1-2-4-12(9)23/h1-4,7-8H,5-6,9-10H2,(H2,32,34,35,36,40);1-6H,7-8H2,(H,28,29,30,34). The SMILES string of the molecule is O=c1[nH]c2nc(-c3nn(Cc4ccccc4F)c4ncc(F)cc34)nc(Cl)c2n1CC(F)(F)F.O=c1[nH]c2nc(-c3nn(Cc4ccccc4F)c4ncc(F)cc34)nc(NCCC(F)(F)F)c2n1CC(F)(F)F. The average molecular weight is 1070 g/mol. The third-order valence-electron chi connectivity index (χ3n) is 10.7. The number of anilines is 1. The van der Waals surface area contributed by atoms with Gasteiger partial charge in [0.05, 0.1) is 42.7 Å². The molecule has 0 radical (unpaired) electrons. The first-order chi connectivity index (χ1) is 34.9. The first-order valence-corrected chi connectivity index (χ1v) is 21.4. The van der Waals surface area contributed by atoms with E-state index in [4.69, 9.17) is 11.6 Å². The number of aromatic amines is 2. The minimum atomic E-state index is -4.86. The van der Waals surface area contributed by atoms with E-state index >= 15 is 0 Å². The fraction of sp³-hybridized carbons (Fsp3) is 0.209. The van der Waals surface area contributed by atoms with Gasteiger partial charge in [-0.25, -0.2) is 66.4 Å². The number of imidazole rings is 2. The molecule has 0 fully saturated rings. The summed E-state index contributed by atoms with van der Waals surface area (Å²) in [4.78, 5) is 53.1. The molecule has 0 aliphatic carbocycles. The Kier molecular flexibility index (Phi) is 13.1. The van der Waals surface area contributed by atoms with Gasteiger partial charge >= 0.3 is 29.9 Å². The highest BCUT2D eigenvalue weighted by Gasteiger charge is 2.34. The molecule has 0 amide bonds. The number of rotatable bonds is 11. The summed E-state index contributed by atoms with van der Waals surface area (Å²) in [5.41, 5.74) is -3.31. The summed E-state index contributed by atoms with van der Waals surface area (Å²) < 4.78 is 176. The largest absolute Gasteiger partial charge is 0.406 e. The van der Waals surface area contributed by atoms with Crippen LogP contribution in [0.5, 0.6) is 0 Å². The average Bonchev–Trinajstić information content (AvgIpc) is 4.03. The van der Waals surface area contributed by atoms with Crippen LogP contribution in [-0.2, 0) is 26.2 Å². The van der Waals surface area contributed by atoms with Crippen molar-refractivity contribution in [1.82, 2.24) is 68.6 Å². The van der Waals surface area contributed by atoms with Gasteiger partial charge in [0, 0.05) is 17.7 Å². The Hall–Kier alpha value is -8.44. The molecule has 10 aromatic rings. The Morgan fingerprint density at radius 1 is 0.581 bits per heavy atom. The van der Waals surface area contributed by atoms with Gasteiger partial charge in [-0.15, -0.1) is 0 Å². The number of H-pyrrole nitrogens is 2. The molecule has 0 atom stereocenters. The molecule has 384 valence electrons. The van der Waals surface area contributed by atoms with Crippen LogP contribution in [0.4, 0.5) is 62.9 Å². The number of fused-ring (bicyclic) bond motifs is 4. The molecule has 17 nitrogen and oxygen atoms in total. The lowest BCUT2D eigenvalue weighted by Crippen LogP contribution is -2.26. The van der Waals surface area contributed by atoms with Gasteiger partial charge in [0.1, 0.15) is 58.8 Å². The van der Waals surface area contributed by atoms with Gasteiger partial charge in [-0.3, -0.25) is 19.1 Å². The summed E-state index contributed by atoms with van der Waals surface area (Å²) in [6.45, 7) is -4.38. The number of nitrogens with zero attached hydrogens (tertiary/aromatic N) is 12. The maximum atomic E-state index is 14.3. The van der Waals surface area contributed by atoms with E-state index in [1.807, 2.05) is 0 Å². The fourth-order valence-electron chi connectivity index (χ4n) is 7.60. The van der Waals surface area contributed by atoms with E-state index in [9.17, 15) is 66.7 Å². The van der Waals surface area contributed by atoms with Crippen molar-refractivity contribution in [2.24, 2.45) is 0 Å². The number of nitrogens with one attached hydrogen (secondary N) is 3. The van der Waals surface area contributed by atoms with Gasteiger partial charge < -0.3 is 5.32 Å². The lowest BCUT2D eigenvalue weighted by molar-refractivity contribution is -0.141. The van der Waals surface area contributed by atoms with Crippen molar-refractivity contribution < 1.29 is 57.1 Å². The van der Waals surface area contributed by atoms with E-state index < -0.39 is 101 Å². The van der Waals surface area contributed by atoms with Crippen LogP contribution in [0.3, 0.4) is 0 Å². The van der Waals surface area contributed by atoms with Crippen LogP contribution in [0.15, 0.2) is 82.6 Å². The molecule has 2 aromatic carbocycles. The Bertz CT molecular complexity index is 3890. The Balaban J connectivity index is 0.000000184. The van der Waals surface area contributed by atoms with Gasteiger partial charge in [-0.05, 0) is 24.3 Å². The summed E-state index contributed by atoms with van der Waals surface area (Å²) in [6.07, 6.45) is -13.7. The van der Waals surface area contributed by atoms with Crippen LogP contribution in [0.1, 0.15) is 17.5 Å². The normalized spacial score (nSPS) is 12.4. The fourth-order valence-corrected chi connectivity index (χ4v) is 7.88. The van der Waals surface area contributed by atoms with E-state index in [0.29, 0.717) is 4.57 Å². The zero-order valence-corrected chi connectivity index (χ0v) is 37.4. The molecule has 0 aliphatic rings. The van der Waals surface area contributed by atoms with Crippen LogP contribution in [-0.4, -0.2) is 93.6 Å². The molecule has 0 bridgehead atoms. The quantitative estimate of drug-likeness (QED) is 0.0826. The maximum Gasteiger partial charge on any atom is 0.406 e. The van der Waals surface area contributed by atoms with Crippen molar-refractivity contribution in [2.75, 3.05) is 11.9 Å². The Morgan fingerprint density at radius 2 is 1.03 bits per heavy atom. The molecule has 0 spiro atoms. The Labute approximate surface area is 406 Å². The van der Waals surface area contributed by atoms with E-state index in [2.05, 4.69) is 55.4 Å². The van der Waals surface area contributed by atoms with Crippen molar-refractivity contribution in [3.8, 4) is 23.0 Å². The highest BCUT2D eigenvalue weighted by Crippen LogP contribution is 2.33. The number of pyridine rings is 2. The molecule has 0 unspecified atom stereocenters. The van der Waals surface area contributed by atoms with Gasteiger partial charge in [-0.2, -0.15) is 49.7 Å². The predicted octanol–water partition coefficient (Wildman–Crippen LogP) is 8.86. The monoisotopic (exact) mass is 1070 g/mol. The van der Waals surface area contributed by atoms with Crippen LogP contribution in [0.2, 0.25) is 5.15 Å². The second-order valence-corrected chi connectivity index (χ2v) is 16.3. The summed E-state index contributed by atoms with van der Waals surface area (Å²) in [6, 6.07) is 13.8. The highest BCUT2D eigenvalue weighted by molar-refractivity contribution is 6.33. The third-order valence-corrected chi connectivity index (χ3v) is 10.9. The van der Waals surface area contributed by atoms with E-state index in [1.165, 1.54) is 39.7 Å². The van der Waals surface area contributed by atoms with Crippen molar-refractivity contribution in [2.45, 2.75) is 51.1 Å². The lowest BCUT2D eigenvalue weighted by atomic mass is 10.2. The highest BCUT2D eigenvalue weighted by atomic mass is 35.5. The lowest BCUT2D eigenvalue weighted by Gasteiger charge is -2.13. The number of hydrogen-bond donors (Lipinski definition) is 3. The molecule has 3 N–H and O–H groups in total. The summed E-state index contributed by atoms with van der Waals surface area (Å²) >= 11 is 6.13. The molecule has 0 aliphatic heterocycles. The molecule has 8 aromatic heterocycles.